The number of pyridine rings is 3. The summed E-state index contributed by atoms with van der Waals surface area (Å²) in [6.45, 7) is 5.83. The molecule has 1 aliphatic heterocycles. The van der Waals surface area contributed by atoms with Gasteiger partial charge in [-0.25, -0.2) is 24.0 Å². The van der Waals surface area contributed by atoms with E-state index < -0.39 is 5.82 Å². The van der Waals surface area contributed by atoms with Gasteiger partial charge in [-0.05, 0) is 37.3 Å². The smallest absolute Gasteiger partial charge is 0.224 e. The summed E-state index contributed by atoms with van der Waals surface area (Å²) in [4.78, 5) is 36.0. The van der Waals surface area contributed by atoms with E-state index in [1.165, 1.54) is 12.6 Å². The Balaban J connectivity index is 1.42. The van der Waals surface area contributed by atoms with Crippen molar-refractivity contribution in [1.29, 1.82) is 0 Å². The van der Waals surface area contributed by atoms with E-state index in [1.54, 1.807) is 36.4 Å². The fourth-order valence-corrected chi connectivity index (χ4v) is 5.16. The van der Waals surface area contributed by atoms with Gasteiger partial charge in [0.25, 0.3) is 0 Å². The van der Waals surface area contributed by atoms with Crippen LogP contribution in [0.5, 0.6) is 0 Å². The number of rotatable bonds is 6. The van der Waals surface area contributed by atoms with Crippen LogP contribution in [0.1, 0.15) is 39.5 Å². The Morgan fingerprint density at radius 3 is 2.77 bits per heavy atom. The van der Waals surface area contributed by atoms with Crippen LogP contribution in [0.4, 0.5) is 15.9 Å². The number of imidazole rings is 1. The van der Waals surface area contributed by atoms with E-state index in [0.29, 0.717) is 34.8 Å². The summed E-state index contributed by atoms with van der Waals surface area (Å²) < 4.78 is 17.8. The summed E-state index contributed by atoms with van der Waals surface area (Å²) in [5.74, 6) is 0.907. The second kappa shape index (κ2) is 10.0. The Kier molecular flexibility index (Phi) is 6.41. The third-order valence-electron chi connectivity index (χ3n) is 6.98. The first-order valence-electron chi connectivity index (χ1n) is 13.3. The third-order valence-corrected chi connectivity index (χ3v) is 6.98. The number of hydrogen-bond acceptors (Lipinski definition) is 7. The number of aromatic nitrogens is 7. The number of nitrogens with zero attached hydrogens (tertiary/aromatic N) is 7. The second-order valence-electron chi connectivity index (χ2n) is 10.4. The van der Waals surface area contributed by atoms with Crippen LogP contribution in [0, 0.1) is 11.7 Å². The van der Waals surface area contributed by atoms with Gasteiger partial charge in [0, 0.05) is 56.3 Å². The molecule has 1 amide bonds. The lowest BCUT2D eigenvalue weighted by molar-refractivity contribution is -0.116. The molecule has 6 rings (SSSR count). The van der Waals surface area contributed by atoms with Gasteiger partial charge >= 0.3 is 0 Å². The van der Waals surface area contributed by atoms with E-state index in [-0.39, 0.29) is 22.8 Å². The van der Waals surface area contributed by atoms with Gasteiger partial charge in [0.1, 0.15) is 17.0 Å². The molecule has 39 heavy (non-hydrogen) atoms. The lowest BCUT2D eigenvalue weighted by Crippen LogP contribution is -2.30. The molecule has 11 heteroatoms. The van der Waals surface area contributed by atoms with Gasteiger partial charge in [-0.3, -0.25) is 9.78 Å². The fourth-order valence-electron chi connectivity index (χ4n) is 5.16. The summed E-state index contributed by atoms with van der Waals surface area (Å²) in [7, 11) is 1.73. The van der Waals surface area contributed by atoms with Crippen molar-refractivity contribution in [2.45, 2.75) is 39.5 Å². The SMILES string of the molecule is CC(C)CC(=O)Nc1cncc(-c2cnc3c(c(-c4nc5c(N6CCCCC6)nccc5[nH]4)nn3C)c2F)c1. The maximum Gasteiger partial charge on any atom is 0.224 e. The lowest BCUT2D eigenvalue weighted by atomic mass is 10.1. The van der Waals surface area contributed by atoms with E-state index in [9.17, 15) is 4.79 Å². The first kappa shape index (κ1) is 24.9. The molecule has 1 aliphatic rings. The van der Waals surface area contributed by atoms with Gasteiger partial charge in [-0.2, -0.15) is 5.10 Å². The molecular formula is C28H30FN9O. The normalized spacial score (nSPS) is 14.0. The standard InChI is InChI=1S/C28H30FN9O/c1-16(2)11-21(39)33-18-12-17(13-30-14-18)19-15-32-27-22(23(19)29)25(36-37(27)3)26-34-20-7-8-31-28(24(20)35-26)38-9-5-4-6-10-38/h7-8,12-16H,4-6,9-11H2,1-3H3,(H,33,39)(H,34,35). The zero-order chi connectivity index (χ0) is 27.1. The molecule has 1 saturated heterocycles. The van der Waals surface area contributed by atoms with E-state index in [2.05, 4.69) is 35.3 Å². The molecular weight excluding hydrogens is 497 g/mol. The minimum absolute atomic E-state index is 0.115. The predicted molar refractivity (Wildman–Crippen MR) is 149 cm³/mol. The summed E-state index contributed by atoms with van der Waals surface area (Å²) in [5.41, 5.74) is 3.59. The monoisotopic (exact) mass is 527 g/mol. The van der Waals surface area contributed by atoms with Gasteiger partial charge < -0.3 is 15.2 Å². The topological polar surface area (TPSA) is 118 Å². The zero-order valence-electron chi connectivity index (χ0n) is 22.2. The lowest BCUT2D eigenvalue weighted by Gasteiger charge is -2.27. The molecule has 0 atom stereocenters. The van der Waals surface area contributed by atoms with Crippen LogP contribution in [-0.2, 0) is 11.8 Å². The van der Waals surface area contributed by atoms with Crippen molar-refractivity contribution >= 4 is 39.5 Å². The molecule has 0 radical (unpaired) electrons. The number of hydrogen-bond donors (Lipinski definition) is 2. The van der Waals surface area contributed by atoms with E-state index in [0.717, 1.165) is 42.8 Å². The first-order valence-corrected chi connectivity index (χ1v) is 13.3. The maximum atomic E-state index is 16.2. The van der Waals surface area contributed by atoms with Crippen molar-refractivity contribution in [2.24, 2.45) is 13.0 Å². The second-order valence-corrected chi connectivity index (χ2v) is 10.4. The van der Waals surface area contributed by atoms with Gasteiger partial charge in [0.15, 0.2) is 17.3 Å². The number of fused-ring (bicyclic) bond motifs is 2. The molecule has 0 bridgehead atoms. The minimum atomic E-state index is -0.481. The van der Waals surface area contributed by atoms with Crippen molar-refractivity contribution in [3.05, 3.63) is 42.7 Å². The van der Waals surface area contributed by atoms with Crippen LogP contribution < -0.4 is 10.2 Å². The minimum Gasteiger partial charge on any atom is -0.355 e. The summed E-state index contributed by atoms with van der Waals surface area (Å²) in [6.07, 6.45) is 10.2. The molecule has 6 heterocycles. The number of amides is 1. The molecule has 0 unspecified atom stereocenters. The molecule has 200 valence electrons. The maximum absolute atomic E-state index is 16.2. The molecule has 0 spiro atoms. The average Bonchev–Trinajstić information content (AvgIpc) is 3.50. The largest absolute Gasteiger partial charge is 0.355 e. The molecule has 2 N–H and O–H groups in total. The summed E-state index contributed by atoms with van der Waals surface area (Å²) >= 11 is 0. The van der Waals surface area contributed by atoms with Gasteiger partial charge in [-0.1, -0.05) is 13.8 Å². The van der Waals surface area contributed by atoms with Crippen molar-refractivity contribution in [2.75, 3.05) is 23.3 Å². The summed E-state index contributed by atoms with van der Waals surface area (Å²) in [6, 6.07) is 3.57. The van der Waals surface area contributed by atoms with Crippen molar-refractivity contribution in [1.82, 2.24) is 34.7 Å². The number of nitrogens with one attached hydrogen (secondary N) is 2. The Morgan fingerprint density at radius 2 is 1.97 bits per heavy atom. The van der Waals surface area contributed by atoms with E-state index in [1.807, 2.05) is 19.9 Å². The number of carbonyl (C=O) groups excluding carboxylic acids is 1. The highest BCUT2D eigenvalue weighted by atomic mass is 19.1. The molecule has 10 nitrogen and oxygen atoms in total. The number of anilines is 2. The van der Waals surface area contributed by atoms with Crippen LogP contribution in [0.25, 0.3) is 44.7 Å². The highest BCUT2D eigenvalue weighted by Crippen LogP contribution is 2.35. The van der Waals surface area contributed by atoms with Crippen molar-refractivity contribution < 1.29 is 9.18 Å². The van der Waals surface area contributed by atoms with Crippen LogP contribution in [0.2, 0.25) is 0 Å². The van der Waals surface area contributed by atoms with E-state index in [4.69, 9.17) is 4.98 Å². The summed E-state index contributed by atoms with van der Waals surface area (Å²) in [5, 5.41) is 7.69. The number of aryl methyl sites for hydroxylation is 1. The van der Waals surface area contributed by atoms with E-state index >= 15 is 4.39 Å². The fraction of sp³-hybridized carbons (Fsp3) is 0.357. The Bertz CT molecular complexity index is 1680. The Labute approximate surface area is 224 Å². The zero-order valence-corrected chi connectivity index (χ0v) is 22.2. The van der Waals surface area contributed by atoms with Gasteiger partial charge in [-0.15, -0.1) is 0 Å². The highest BCUT2D eigenvalue weighted by molar-refractivity contribution is 5.96. The highest BCUT2D eigenvalue weighted by Gasteiger charge is 2.24. The van der Waals surface area contributed by atoms with Gasteiger partial charge in [0.2, 0.25) is 5.91 Å². The van der Waals surface area contributed by atoms with Crippen LogP contribution in [0.15, 0.2) is 36.9 Å². The third kappa shape index (κ3) is 4.68. The molecule has 0 aromatic carbocycles. The number of H-pyrrole nitrogens is 1. The Morgan fingerprint density at radius 1 is 1.15 bits per heavy atom. The average molecular weight is 528 g/mol. The van der Waals surface area contributed by atoms with Crippen molar-refractivity contribution in [3.63, 3.8) is 0 Å². The molecule has 5 aromatic heterocycles. The predicted octanol–water partition coefficient (Wildman–Crippen LogP) is 5.08. The first-order chi connectivity index (χ1) is 18.9. The van der Waals surface area contributed by atoms with Crippen LogP contribution in [0.3, 0.4) is 0 Å². The quantitative estimate of drug-likeness (QED) is 0.316. The molecule has 5 aromatic rings. The number of piperidine rings is 1. The van der Waals surface area contributed by atoms with Crippen LogP contribution >= 0.6 is 0 Å². The van der Waals surface area contributed by atoms with Gasteiger partial charge in [0.05, 0.1) is 22.8 Å². The number of carbonyl (C=O) groups is 1. The molecule has 1 fully saturated rings. The Hall–Kier alpha value is -4.41. The molecule has 0 aliphatic carbocycles. The van der Waals surface area contributed by atoms with Crippen LogP contribution in [-0.4, -0.2) is 53.7 Å². The number of halogens is 1. The molecule has 0 saturated carbocycles. The number of aromatic amines is 1. The van der Waals surface area contributed by atoms with Crippen molar-refractivity contribution in [3.8, 4) is 22.6 Å².